The quantitative estimate of drug-likeness (QED) is 0.679. The summed E-state index contributed by atoms with van der Waals surface area (Å²) in [5, 5.41) is 14.3. The van der Waals surface area contributed by atoms with Crippen molar-refractivity contribution in [3.63, 3.8) is 0 Å². The van der Waals surface area contributed by atoms with Crippen molar-refractivity contribution in [3.05, 3.63) is 71.8 Å². The van der Waals surface area contributed by atoms with Crippen LogP contribution < -0.4 is 10.6 Å². The molecule has 2 amide bonds. The molecular weight excluding hydrogens is 332 g/mol. The highest BCUT2D eigenvalue weighted by Crippen LogP contribution is 2.17. The molecule has 2 atom stereocenters. The van der Waals surface area contributed by atoms with Gasteiger partial charge in [0.2, 0.25) is 5.91 Å². The van der Waals surface area contributed by atoms with E-state index in [0.29, 0.717) is 5.56 Å². The van der Waals surface area contributed by atoms with Crippen LogP contribution in [0.25, 0.3) is 0 Å². The van der Waals surface area contributed by atoms with Gasteiger partial charge in [-0.15, -0.1) is 0 Å². The second-order valence-electron chi connectivity index (χ2n) is 6.07. The maximum Gasteiger partial charge on any atom is 0.305 e. The van der Waals surface area contributed by atoms with Gasteiger partial charge in [-0.25, -0.2) is 0 Å². The first-order valence-electron chi connectivity index (χ1n) is 8.37. The van der Waals surface area contributed by atoms with E-state index in [0.717, 1.165) is 5.56 Å². The number of amides is 2. The molecule has 0 heterocycles. The zero-order chi connectivity index (χ0) is 18.9. The van der Waals surface area contributed by atoms with E-state index in [2.05, 4.69) is 10.6 Å². The lowest BCUT2D eigenvalue weighted by atomic mass is 10.0. The Hall–Kier alpha value is -3.15. The van der Waals surface area contributed by atoms with Crippen LogP contribution in [0.3, 0.4) is 0 Å². The molecule has 0 fully saturated rings. The van der Waals surface area contributed by atoms with E-state index >= 15 is 0 Å². The third kappa shape index (κ3) is 6.05. The van der Waals surface area contributed by atoms with Crippen LogP contribution in [0.2, 0.25) is 0 Å². The van der Waals surface area contributed by atoms with Crippen molar-refractivity contribution in [1.29, 1.82) is 0 Å². The number of carbonyl (C=O) groups is 3. The number of hydrogen-bond acceptors (Lipinski definition) is 3. The Morgan fingerprint density at radius 3 is 2.04 bits per heavy atom. The average Bonchev–Trinajstić information content (AvgIpc) is 2.61. The molecule has 0 saturated carbocycles. The Balaban J connectivity index is 2.08. The molecule has 6 nitrogen and oxygen atoms in total. The molecule has 0 saturated heterocycles. The van der Waals surface area contributed by atoms with E-state index in [4.69, 9.17) is 5.11 Å². The van der Waals surface area contributed by atoms with Crippen LogP contribution in [0.4, 0.5) is 0 Å². The van der Waals surface area contributed by atoms with Gasteiger partial charge in [-0.2, -0.15) is 0 Å². The lowest BCUT2D eigenvalue weighted by molar-refractivity contribution is -0.137. The Morgan fingerprint density at radius 2 is 1.46 bits per heavy atom. The van der Waals surface area contributed by atoms with Crippen molar-refractivity contribution in [2.75, 3.05) is 0 Å². The predicted octanol–water partition coefficient (Wildman–Crippen LogP) is 2.53. The van der Waals surface area contributed by atoms with Crippen LogP contribution >= 0.6 is 0 Å². The first-order valence-corrected chi connectivity index (χ1v) is 8.37. The number of carbonyl (C=O) groups excluding carboxylic acids is 2. The van der Waals surface area contributed by atoms with Gasteiger partial charge in [-0.3, -0.25) is 14.4 Å². The van der Waals surface area contributed by atoms with Crippen molar-refractivity contribution < 1.29 is 19.5 Å². The summed E-state index contributed by atoms with van der Waals surface area (Å²) < 4.78 is 0. The normalized spacial score (nSPS) is 12.7. The van der Waals surface area contributed by atoms with Gasteiger partial charge in [-0.05, 0) is 24.6 Å². The monoisotopic (exact) mass is 354 g/mol. The molecule has 0 aliphatic heterocycles. The molecule has 0 bridgehead atoms. The van der Waals surface area contributed by atoms with Crippen LogP contribution in [-0.4, -0.2) is 28.9 Å². The molecule has 2 aromatic rings. The topological polar surface area (TPSA) is 95.5 Å². The fourth-order valence-electron chi connectivity index (χ4n) is 2.60. The van der Waals surface area contributed by atoms with E-state index in [9.17, 15) is 14.4 Å². The maximum atomic E-state index is 12.5. The van der Waals surface area contributed by atoms with Crippen molar-refractivity contribution in [2.45, 2.75) is 31.8 Å². The van der Waals surface area contributed by atoms with E-state index < -0.39 is 18.1 Å². The Bertz CT molecular complexity index is 747. The summed E-state index contributed by atoms with van der Waals surface area (Å²) in [6, 6.07) is 17.0. The number of carboxylic acid groups (broad SMARTS) is 1. The van der Waals surface area contributed by atoms with E-state index in [1.807, 2.05) is 36.4 Å². The van der Waals surface area contributed by atoms with Gasteiger partial charge in [0.15, 0.2) is 0 Å². The minimum Gasteiger partial charge on any atom is -0.481 e. The molecule has 2 rings (SSSR count). The molecule has 3 N–H and O–H groups in total. The molecule has 0 aliphatic rings. The molecular formula is C20H22N2O4. The lowest BCUT2D eigenvalue weighted by Crippen LogP contribution is -2.38. The van der Waals surface area contributed by atoms with E-state index in [1.54, 1.807) is 31.2 Å². The molecule has 136 valence electrons. The summed E-state index contributed by atoms with van der Waals surface area (Å²) in [6.45, 7) is 1.63. The largest absolute Gasteiger partial charge is 0.481 e. The first kappa shape index (κ1) is 19.2. The summed E-state index contributed by atoms with van der Waals surface area (Å²) in [5.74, 6) is -1.57. The SMILES string of the molecule is CC(CC(=O)O)NC(=O)CC(NC(=O)c1ccccc1)c1ccccc1. The average molecular weight is 354 g/mol. The number of hydrogen-bond donors (Lipinski definition) is 3. The van der Waals surface area contributed by atoms with Gasteiger partial charge < -0.3 is 15.7 Å². The van der Waals surface area contributed by atoms with Crippen LogP contribution in [0.15, 0.2) is 60.7 Å². The molecule has 0 aliphatic carbocycles. The number of rotatable bonds is 8. The fourth-order valence-corrected chi connectivity index (χ4v) is 2.60. The summed E-state index contributed by atoms with van der Waals surface area (Å²) in [6.07, 6.45) is -0.134. The molecule has 0 spiro atoms. The Morgan fingerprint density at radius 1 is 0.885 bits per heavy atom. The van der Waals surface area contributed by atoms with Gasteiger partial charge in [0.25, 0.3) is 5.91 Å². The first-order chi connectivity index (χ1) is 12.5. The van der Waals surface area contributed by atoms with E-state index in [1.165, 1.54) is 0 Å². The molecule has 2 unspecified atom stereocenters. The second-order valence-corrected chi connectivity index (χ2v) is 6.07. The zero-order valence-corrected chi connectivity index (χ0v) is 14.5. The minimum atomic E-state index is -0.977. The fraction of sp³-hybridized carbons (Fsp3) is 0.250. The van der Waals surface area contributed by atoms with Gasteiger partial charge in [0.05, 0.1) is 18.9 Å². The summed E-state index contributed by atoms with van der Waals surface area (Å²) in [5.41, 5.74) is 1.31. The smallest absolute Gasteiger partial charge is 0.305 e. The van der Waals surface area contributed by atoms with Crippen molar-refractivity contribution in [3.8, 4) is 0 Å². The van der Waals surface area contributed by atoms with Crippen LogP contribution in [0, 0.1) is 0 Å². The third-order valence-electron chi connectivity index (χ3n) is 3.82. The maximum absolute atomic E-state index is 12.5. The van der Waals surface area contributed by atoms with Crippen LogP contribution in [0.5, 0.6) is 0 Å². The van der Waals surface area contributed by atoms with Gasteiger partial charge in [0.1, 0.15) is 0 Å². The summed E-state index contributed by atoms with van der Waals surface area (Å²) in [4.78, 5) is 35.5. The van der Waals surface area contributed by atoms with Crippen molar-refractivity contribution in [2.24, 2.45) is 0 Å². The minimum absolute atomic E-state index is 0.0204. The third-order valence-corrected chi connectivity index (χ3v) is 3.82. The van der Waals surface area contributed by atoms with Crippen LogP contribution in [0.1, 0.15) is 41.7 Å². The molecule has 2 aromatic carbocycles. The van der Waals surface area contributed by atoms with E-state index in [-0.39, 0.29) is 24.7 Å². The number of nitrogens with one attached hydrogen (secondary N) is 2. The molecule has 0 aromatic heterocycles. The summed E-state index contributed by atoms with van der Waals surface area (Å²) in [7, 11) is 0. The summed E-state index contributed by atoms with van der Waals surface area (Å²) >= 11 is 0. The number of aliphatic carboxylic acids is 1. The molecule has 6 heteroatoms. The van der Waals surface area contributed by atoms with Crippen LogP contribution in [-0.2, 0) is 9.59 Å². The predicted molar refractivity (Wildman–Crippen MR) is 97.6 cm³/mol. The van der Waals surface area contributed by atoms with Gasteiger partial charge in [0, 0.05) is 11.6 Å². The number of carboxylic acids is 1. The van der Waals surface area contributed by atoms with Crippen molar-refractivity contribution in [1.82, 2.24) is 10.6 Å². The number of benzene rings is 2. The zero-order valence-electron chi connectivity index (χ0n) is 14.5. The van der Waals surface area contributed by atoms with Gasteiger partial charge in [-0.1, -0.05) is 48.5 Å². The Kier molecular flexibility index (Phi) is 6.91. The molecule has 0 radical (unpaired) electrons. The highest BCUT2D eigenvalue weighted by molar-refractivity contribution is 5.94. The highest BCUT2D eigenvalue weighted by Gasteiger charge is 2.20. The van der Waals surface area contributed by atoms with Gasteiger partial charge >= 0.3 is 5.97 Å². The second kappa shape index (κ2) is 9.36. The lowest BCUT2D eigenvalue weighted by Gasteiger charge is -2.20. The molecule has 26 heavy (non-hydrogen) atoms. The highest BCUT2D eigenvalue weighted by atomic mass is 16.4. The Labute approximate surface area is 152 Å². The standard InChI is InChI=1S/C20H22N2O4/c1-14(12-19(24)25)21-18(23)13-17(15-8-4-2-5-9-15)22-20(26)16-10-6-3-7-11-16/h2-11,14,17H,12-13H2,1H3,(H,21,23)(H,22,26)(H,24,25). The van der Waals surface area contributed by atoms with Crippen molar-refractivity contribution >= 4 is 17.8 Å².